The van der Waals surface area contributed by atoms with Crippen molar-refractivity contribution >= 4 is 6.08 Å². The van der Waals surface area contributed by atoms with E-state index in [0.29, 0.717) is 0 Å². The molecule has 0 radical (unpaired) electrons. The van der Waals surface area contributed by atoms with Gasteiger partial charge in [-0.25, -0.2) is 4.39 Å². The van der Waals surface area contributed by atoms with E-state index in [4.69, 9.17) is 5.26 Å². The molecule has 1 heterocycles. The quantitative estimate of drug-likeness (QED) is 0.656. The van der Waals surface area contributed by atoms with E-state index in [9.17, 15) is 17.6 Å². The highest BCUT2D eigenvalue weighted by Gasteiger charge is 2.46. The number of benzene rings is 1. The summed E-state index contributed by atoms with van der Waals surface area (Å²) in [6, 6.07) is 4.53. The fourth-order valence-corrected chi connectivity index (χ4v) is 1.51. The molecular formula is C11H5F4NO. The van der Waals surface area contributed by atoms with Gasteiger partial charge in [0, 0.05) is 5.56 Å². The lowest BCUT2D eigenvalue weighted by molar-refractivity contribution is -0.182. The lowest BCUT2D eigenvalue weighted by Gasteiger charge is -2.25. The van der Waals surface area contributed by atoms with Crippen LogP contribution in [0.4, 0.5) is 17.6 Å². The van der Waals surface area contributed by atoms with E-state index in [1.54, 1.807) is 0 Å². The van der Waals surface area contributed by atoms with Gasteiger partial charge in [-0.05, 0) is 24.3 Å². The number of halogens is 4. The maximum absolute atomic E-state index is 12.9. The molecule has 2 nitrogen and oxygen atoms in total. The van der Waals surface area contributed by atoms with Gasteiger partial charge in [0.2, 0.25) is 6.10 Å². The van der Waals surface area contributed by atoms with E-state index >= 15 is 0 Å². The smallest absolute Gasteiger partial charge is 0.430 e. The van der Waals surface area contributed by atoms with Crippen molar-refractivity contribution in [1.82, 2.24) is 0 Å². The van der Waals surface area contributed by atoms with Crippen molar-refractivity contribution in [1.29, 1.82) is 5.26 Å². The fraction of sp³-hybridized carbons (Fsp3) is 0.182. The molecule has 0 spiro atoms. The molecule has 0 fully saturated rings. The first kappa shape index (κ1) is 11.5. The topological polar surface area (TPSA) is 33.0 Å². The molecule has 1 aliphatic heterocycles. The number of nitrogens with zero attached hydrogens (tertiary/aromatic N) is 1. The average molecular weight is 243 g/mol. The van der Waals surface area contributed by atoms with Crippen LogP contribution >= 0.6 is 0 Å². The number of alkyl halides is 3. The highest BCUT2D eigenvalue weighted by Crippen LogP contribution is 2.36. The van der Waals surface area contributed by atoms with Crippen molar-refractivity contribution in [3.63, 3.8) is 0 Å². The molecule has 1 aliphatic rings. The second-order valence-electron chi connectivity index (χ2n) is 3.43. The van der Waals surface area contributed by atoms with Gasteiger partial charge in [-0.15, -0.1) is 0 Å². The maximum atomic E-state index is 12.9. The predicted octanol–water partition coefficient (Wildman–Crippen LogP) is 3.06. The highest BCUT2D eigenvalue weighted by molar-refractivity contribution is 5.66. The van der Waals surface area contributed by atoms with Crippen LogP contribution in [0.25, 0.3) is 6.08 Å². The number of hydrogen-bond donors (Lipinski definition) is 0. The van der Waals surface area contributed by atoms with Gasteiger partial charge in [0.1, 0.15) is 11.6 Å². The summed E-state index contributed by atoms with van der Waals surface area (Å²) in [6.07, 6.45) is -5.97. The molecule has 6 heteroatoms. The summed E-state index contributed by atoms with van der Waals surface area (Å²) in [5.41, 5.74) is -0.461. The van der Waals surface area contributed by atoms with Crippen molar-refractivity contribution in [2.24, 2.45) is 0 Å². The Balaban J connectivity index is 2.50. The molecule has 0 N–H and O–H groups in total. The molecule has 88 valence electrons. The maximum Gasteiger partial charge on any atom is 0.430 e. The van der Waals surface area contributed by atoms with Gasteiger partial charge in [-0.2, -0.15) is 18.4 Å². The number of rotatable bonds is 0. The Morgan fingerprint density at radius 2 is 2.00 bits per heavy atom. The molecule has 2 rings (SSSR count). The van der Waals surface area contributed by atoms with E-state index < -0.39 is 23.7 Å². The molecule has 1 aromatic rings. The van der Waals surface area contributed by atoms with Crippen molar-refractivity contribution in [3.05, 3.63) is 35.2 Å². The predicted molar refractivity (Wildman–Crippen MR) is 50.5 cm³/mol. The summed E-state index contributed by atoms with van der Waals surface area (Å²) in [5, 5.41) is 8.63. The van der Waals surface area contributed by atoms with E-state index in [1.807, 2.05) is 0 Å². The van der Waals surface area contributed by atoms with Crippen LogP contribution in [-0.2, 0) is 0 Å². The first-order valence-electron chi connectivity index (χ1n) is 4.56. The minimum atomic E-state index is -4.67. The molecule has 1 atom stereocenters. The van der Waals surface area contributed by atoms with Crippen LogP contribution in [0.3, 0.4) is 0 Å². The Morgan fingerprint density at radius 1 is 1.29 bits per heavy atom. The summed E-state index contributed by atoms with van der Waals surface area (Å²) in [5.74, 6) is -0.695. The lowest BCUT2D eigenvalue weighted by Crippen LogP contribution is -2.37. The standard InChI is InChI=1S/C11H5F4NO/c12-8-1-2-9-6(4-8)3-7(5-16)10(17-9)11(13,14)15/h1-4,10H/t10-/m0/s1. The zero-order valence-electron chi connectivity index (χ0n) is 8.25. The van der Waals surface area contributed by atoms with Gasteiger partial charge in [-0.3, -0.25) is 0 Å². The Bertz CT molecular complexity index is 527. The van der Waals surface area contributed by atoms with Crippen LogP contribution in [0.5, 0.6) is 5.75 Å². The van der Waals surface area contributed by atoms with Gasteiger partial charge in [0.25, 0.3) is 0 Å². The molecule has 1 aromatic carbocycles. The molecule has 17 heavy (non-hydrogen) atoms. The van der Waals surface area contributed by atoms with Gasteiger partial charge >= 0.3 is 6.18 Å². The molecule has 0 saturated heterocycles. The minimum Gasteiger partial charge on any atom is -0.475 e. The van der Waals surface area contributed by atoms with Crippen LogP contribution in [0, 0.1) is 17.1 Å². The average Bonchev–Trinajstić information content (AvgIpc) is 2.25. The van der Waals surface area contributed by atoms with Crippen LogP contribution in [0.1, 0.15) is 5.56 Å². The molecule has 0 aliphatic carbocycles. The number of nitriles is 1. The first-order chi connectivity index (χ1) is 7.91. The van der Waals surface area contributed by atoms with Crippen LogP contribution in [-0.4, -0.2) is 12.3 Å². The lowest BCUT2D eigenvalue weighted by atomic mass is 10.0. The molecule has 0 bridgehead atoms. The van der Waals surface area contributed by atoms with Gasteiger partial charge in [0.05, 0.1) is 11.6 Å². The Labute approximate surface area is 93.7 Å². The Kier molecular flexibility index (Phi) is 2.54. The van der Waals surface area contributed by atoms with E-state index in [0.717, 1.165) is 24.3 Å². The summed E-state index contributed by atoms with van der Waals surface area (Å²) in [4.78, 5) is 0. The number of ether oxygens (including phenoxy) is 1. The monoisotopic (exact) mass is 243 g/mol. The van der Waals surface area contributed by atoms with Crippen LogP contribution < -0.4 is 4.74 Å². The van der Waals surface area contributed by atoms with Gasteiger partial charge in [0.15, 0.2) is 0 Å². The van der Waals surface area contributed by atoms with E-state index in [2.05, 4.69) is 4.74 Å². The highest BCUT2D eigenvalue weighted by atomic mass is 19.4. The molecule has 0 unspecified atom stereocenters. The summed E-state index contributed by atoms with van der Waals surface area (Å²) < 4.78 is 55.2. The molecular weight excluding hydrogens is 238 g/mol. The third-order valence-corrected chi connectivity index (χ3v) is 2.24. The second kappa shape index (κ2) is 3.77. The zero-order valence-corrected chi connectivity index (χ0v) is 8.25. The van der Waals surface area contributed by atoms with Crippen LogP contribution in [0.2, 0.25) is 0 Å². The van der Waals surface area contributed by atoms with Crippen molar-refractivity contribution in [2.45, 2.75) is 12.3 Å². The third-order valence-electron chi connectivity index (χ3n) is 2.24. The van der Waals surface area contributed by atoms with Gasteiger partial charge < -0.3 is 4.74 Å². The van der Waals surface area contributed by atoms with Gasteiger partial charge in [-0.1, -0.05) is 0 Å². The SMILES string of the molecule is N#CC1=Cc2cc(F)ccc2O[C@@H]1C(F)(F)F. The Morgan fingerprint density at radius 3 is 2.59 bits per heavy atom. The van der Waals surface area contributed by atoms with Crippen molar-refractivity contribution in [3.8, 4) is 11.8 Å². The third kappa shape index (κ3) is 2.09. The van der Waals surface area contributed by atoms with Crippen molar-refractivity contribution in [2.75, 3.05) is 0 Å². The molecule has 0 saturated carbocycles. The Hall–Kier alpha value is -2.03. The molecule has 0 aromatic heterocycles. The number of fused-ring (bicyclic) bond motifs is 1. The molecule has 0 amide bonds. The summed E-state index contributed by atoms with van der Waals surface area (Å²) in [7, 11) is 0. The normalized spacial score (nSPS) is 18.8. The van der Waals surface area contributed by atoms with E-state index in [-0.39, 0.29) is 11.3 Å². The van der Waals surface area contributed by atoms with Crippen molar-refractivity contribution < 1.29 is 22.3 Å². The fourth-order valence-electron chi connectivity index (χ4n) is 1.51. The zero-order chi connectivity index (χ0) is 12.6. The minimum absolute atomic E-state index is 0.0901. The first-order valence-corrected chi connectivity index (χ1v) is 4.56. The second-order valence-corrected chi connectivity index (χ2v) is 3.43. The number of hydrogen-bond acceptors (Lipinski definition) is 2. The van der Waals surface area contributed by atoms with Crippen LogP contribution in [0.15, 0.2) is 23.8 Å². The largest absolute Gasteiger partial charge is 0.475 e. The summed E-state index contributed by atoms with van der Waals surface area (Å²) >= 11 is 0. The van der Waals surface area contributed by atoms with E-state index in [1.165, 1.54) is 6.07 Å². The summed E-state index contributed by atoms with van der Waals surface area (Å²) in [6.45, 7) is 0.